The molecule has 0 nitrogen and oxygen atoms in total. The molecule has 0 fully saturated rings. The SMILES string of the molecule is [Tb].[Tb].[Tb].[Tb].[Tb].[Tb].[Tb].[Tb].[Tb].[Tb].[Tb].[Tb].[Tb].[Tb].[Tb].[Tb].[Tb].[Tb].[Tb].[Tb].[Tb].[Tb].[Tb].[Tb].[Tb].[Tb].[Tb].[Tb].[Tb].[Tb].[Tb].[Tb].[Tb].[Tb].[Tb].[Tb].[Tb].[Tb].[Tb].[Tb].[Tb].[Tb].[Tb].[Tb].[Tb].[Tb].[Tb].[Tb].[Tb].[Tb].[Tb].[Tb].[Tb].[Tb].[Tb].[Tb].[Tb].[Tb].[Tb].[Tb].[Tb].[Tb].[Tb].[Tb].[Tb].[Tb].[Tb].[Tb].[Tb].[Tb]. The van der Waals surface area contributed by atoms with Crippen LogP contribution in [0.5, 0.6) is 0 Å². The molecular weight excluding hydrogens is 11100 g/mol. The molecule has 0 aliphatic rings. The Balaban J connectivity index is 0. The molecule has 0 rings (SSSR count). The van der Waals surface area contributed by atoms with Crippen molar-refractivity contribution in [2.75, 3.05) is 0 Å². The van der Waals surface area contributed by atoms with Gasteiger partial charge in [0.15, 0.2) is 0 Å². The summed E-state index contributed by atoms with van der Waals surface area (Å²) in [4.78, 5) is 0. The molecule has 0 heterocycles. The molecule has 0 aromatic heterocycles. The van der Waals surface area contributed by atoms with E-state index in [1.165, 1.54) is 0 Å². The first-order chi connectivity index (χ1) is 0. The Hall–Kier alpha value is 90.0. The Kier molecular flexibility index (Phi) is 3500. The van der Waals surface area contributed by atoms with Crippen molar-refractivity contribution in [3.05, 3.63) is 0 Å². The second-order valence-electron chi connectivity index (χ2n) is 0. The van der Waals surface area contributed by atoms with Crippen LogP contribution < -0.4 is 0 Å². The van der Waals surface area contributed by atoms with E-state index in [4.69, 9.17) is 0 Å². The van der Waals surface area contributed by atoms with Gasteiger partial charge in [-0.25, -0.2) is 0 Å². The van der Waals surface area contributed by atoms with Gasteiger partial charge in [0, 0.05) is 2700 Å². The zero-order valence-corrected chi connectivity index (χ0v) is 173. The minimum Gasteiger partial charge on any atom is 0 e. The Bertz CT molecular complexity index is 0. The topological polar surface area (TPSA) is 0 Å². The Labute approximate surface area is 2590 Å². The Morgan fingerprint density at radius 3 is 0.0143 bits per heavy atom. The molecule has 70 heteroatoms. The van der Waals surface area contributed by atoms with Gasteiger partial charge in [-0.05, 0) is 0 Å². The van der Waals surface area contributed by atoms with Crippen LogP contribution in [0.2, 0.25) is 0 Å². The van der Waals surface area contributed by atoms with E-state index < -0.39 is 0 Å². The van der Waals surface area contributed by atoms with E-state index in [0.29, 0.717) is 0 Å². The van der Waals surface area contributed by atoms with Crippen LogP contribution in [0.3, 0.4) is 0 Å². The van der Waals surface area contributed by atoms with Crippen molar-refractivity contribution in [1.29, 1.82) is 0 Å². The first-order valence-corrected chi connectivity index (χ1v) is 0. The molecule has 0 unspecified atom stereocenters. The predicted octanol–water partition coefficient (Wildman–Crippen LogP) is 0. The molecule has 0 bridgehead atoms. The third-order valence-corrected chi connectivity index (χ3v) is 0. The van der Waals surface area contributed by atoms with E-state index in [2.05, 4.69) is 0 Å². The van der Waals surface area contributed by atoms with Crippen LogP contribution in [0.25, 0.3) is 0 Å². The average Bonchev–Trinajstić information content (AvgIpc) is 0. The number of hydrogen-bond acceptors (Lipinski definition) is 0. The predicted molar refractivity (Wildman–Crippen MR) is 0 cm³/mol. The first kappa shape index (κ1) is 499. The van der Waals surface area contributed by atoms with Crippen LogP contribution in [-0.4, -0.2) is 0 Å². The molecule has 0 aromatic rings. The monoisotopic (exact) mass is 11100 g/mol. The average molecular weight is 11100 g/mol. The second-order valence-corrected chi connectivity index (χ2v) is 0. The molecular formula is Tb70. The van der Waals surface area contributed by atoms with E-state index in [1.54, 1.807) is 0 Å². The standard InChI is InChI=1S/70Tb. The third kappa shape index (κ3) is 481. The van der Waals surface area contributed by atoms with Gasteiger partial charge in [-0.1, -0.05) is 0 Å². The molecule has 70 heavy (non-hydrogen) atoms. The van der Waals surface area contributed by atoms with Gasteiger partial charge in [-0.2, -0.15) is 0 Å². The van der Waals surface area contributed by atoms with E-state index in [1.807, 2.05) is 0 Å². The van der Waals surface area contributed by atoms with Gasteiger partial charge < -0.3 is 0 Å². The minimum atomic E-state index is 0. The fraction of sp³-hybridized carbons (Fsp3) is 0. The Morgan fingerprint density at radius 2 is 0.0143 bits per heavy atom. The second kappa shape index (κ2) is 490. The molecule has 0 saturated heterocycles. The summed E-state index contributed by atoms with van der Waals surface area (Å²) < 4.78 is 0. The fourth-order valence-electron chi connectivity index (χ4n) is 0. The molecule has 0 aromatic carbocycles. The van der Waals surface area contributed by atoms with Crippen molar-refractivity contribution in [3.8, 4) is 0 Å². The smallest absolute Gasteiger partial charge is 0 e. The summed E-state index contributed by atoms with van der Waals surface area (Å²) in [6.07, 6.45) is 0. The number of rotatable bonds is 0. The van der Waals surface area contributed by atoms with Gasteiger partial charge in [0.05, 0.1) is 0 Å². The van der Waals surface area contributed by atoms with Gasteiger partial charge >= 0.3 is 0 Å². The van der Waals surface area contributed by atoms with E-state index >= 15 is 0 Å². The first-order valence-electron chi connectivity index (χ1n) is 0. The maximum atomic E-state index is 0. The molecule has 70 radical (unpaired) electrons. The molecule has 0 N–H and O–H groups in total. The zero-order valence-electron chi connectivity index (χ0n) is 23.3. The van der Waals surface area contributed by atoms with E-state index in [-0.39, 0.29) is 2700 Å². The molecule has 630 valence electrons. The zero-order chi connectivity index (χ0) is 0. The Morgan fingerprint density at radius 1 is 0.0143 bits per heavy atom. The van der Waals surface area contributed by atoms with Crippen LogP contribution in [0, 0.1) is 2700 Å². The van der Waals surface area contributed by atoms with Crippen molar-refractivity contribution in [1.82, 2.24) is 0 Å². The van der Waals surface area contributed by atoms with Crippen LogP contribution in [0.15, 0.2) is 0 Å². The van der Waals surface area contributed by atoms with Crippen molar-refractivity contribution in [2.24, 2.45) is 0 Å². The van der Waals surface area contributed by atoms with Crippen molar-refractivity contribution in [2.45, 2.75) is 0 Å². The number of hydrogen-bond donors (Lipinski definition) is 0. The van der Waals surface area contributed by atoms with Crippen LogP contribution in [0.4, 0.5) is 0 Å². The maximum absolute atomic E-state index is 0. The summed E-state index contributed by atoms with van der Waals surface area (Å²) in [5, 5.41) is 0. The minimum absolute atomic E-state index is 0. The van der Waals surface area contributed by atoms with Gasteiger partial charge in [-0.15, -0.1) is 0 Å². The van der Waals surface area contributed by atoms with Crippen molar-refractivity contribution >= 4 is 0 Å². The van der Waals surface area contributed by atoms with Gasteiger partial charge in [0.25, 0.3) is 0 Å². The summed E-state index contributed by atoms with van der Waals surface area (Å²) in [6.45, 7) is 0. The molecule has 0 aliphatic carbocycles. The third-order valence-electron chi connectivity index (χ3n) is 0. The van der Waals surface area contributed by atoms with Gasteiger partial charge in [-0.3, -0.25) is 0 Å². The molecule has 0 atom stereocenters. The molecule has 0 amide bonds. The van der Waals surface area contributed by atoms with Crippen LogP contribution in [-0.2, 0) is 0 Å². The van der Waals surface area contributed by atoms with E-state index in [0.717, 1.165) is 0 Å². The van der Waals surface area contributed by atoms with Crippen LogP contribution in [0.1, 0.15) is 0 Å². The van der Waals surface area contributed by atoms with Gasteiger partial charge in [0.2, 0.25) is 0 Å². The van der Waals surface area contributed by atoms with Gasteiger partial charge in [0.1, 0.15) is 0 Å². The summed E-state index contributed by atoms with van der Waals surface area (Å²) >= 11 is 0. The van der Waals surface area contributed by atoms with Crippen molar-refractivity contribution < 1.29 is 2700 Å². The molecule has 0 aliphatic heterocycles. The van der Waals surface area contributed by atoms with Crippen LogP contribution >= 0.6 is 0 Å². The fourth-order valence-corrected chi connectivity index (χ4v) is 0. The summed E-state index contributed by atoms with van der Waals surface area (Å²) in [5.41, 5.74) is 0. The quantitative estimate of drug-likeness (QED) is 0.321. The summed E-state index contributed by atoms with van der Waals surface area (Å²) in [5.74, 6) is 0. The van der Waals surface area contributed by atoms with E-state index in [9.17, 15) is 0 Å². The largest absolute Gasteiger partial charge is 0 e. The molecule has 0 saturated carbocycles. The maximum Gasteiger partial charge on any atom is 0 e. The van der Waals surface area contributed by atoms with Crippen molar-refractivity contribution in [3.63, 3.8) is 0 Å². The summed E-state index contributed by atoms with van der Waals surface area (Å²) in [7, 11) is 0. The molecule has 0 spiro atoms. The summed E-state index contributed by atoms with van der Waals surface area (Å²) in [6, 6.07) is 0. The normalized spacial score (nSPS) is 0.